The summed E-state index contributed by atoms with van der Waals surface area (Å²) in [5.74, 6) is 0.373. The van der Waals surface area contributed by atoms with Crippen molar-refractivity contribution in [2.45, 2.75) is 13.7 Å². The number of fused-ring (bicyclic) bond motifs is 1. The Morgan fingerprint density at radius 1 is 1.61 bits per heavy atom. The van der Waals surface area contributed by atoms with Crippen LogP contribution in [0.5, 0.6) is 0 Å². The Bertz CT molecular complexity index is 664. The zero-order valence-electron chi connectivity index (χ0n) is 9.71. The summed E-state index contributed by atoms with van der Waals surface area (Å²) in [6, 6.07) is 3.38. The Morgan fingerprint density at radius 2 is 2.50 bits per heavy atom. The van der Waals surface area contributed by atoms with E-state index in [1.807, 2.05) is 6.92 Å². The van der Waals surface area contributed by atoms with E-state index < -0.39 is 5.97 Å². The third kappa shape index (κ3) is 1.77. The number of carbonyl (C=O) groups is 1. The summed E-state index contributed by atoms with van der Waals surface area (Å²) in [4.78, 5) is 18.8. The number of esters is 1. The zero-order chi connectivity index (χ0) is 12.5. The highest BCUT2D eigenvalue weighted by atomic mass is 16.5. The molecule has 0 aliphatic rings. The molecule has 0 aliphatic carbocycles. The summed E-state index contributed by atoms with van der Waals surface area (Å²) in [6.45, 7) is 1.99. The van der Waals surface area contributed by atoms with E-state index in [-0.39, 0.29) is 6.73 Å². The second-order valence-corrected chi connectivity index (χ2v) is 3.89. The first-order valence-corrected chi connectivity index (χ1v) is 5.45. The quantitative estimate of drug-likeness (QED) is 0.717. The first-order valence-electron chi connectivity index (χ1n) is 5.45. The molecule has 0 radical (unpaired) electrons. The van der Waals surface area contributed by atoms with Crippen LogP contribution in [0.2, 0.25) is 0 Å². The van der Waals surface area contributed by atoms with E-state index >= 15 is 0 Å². The monoisotopic (exact) mass is 245 g/mol. The van der Waals surface area contributed by atoms with Crippen LogP contribution in [0.1, 0.15) is 16.3 Å². The molecule has 3 rings (SSSR count). The SMILES string of the molecule is Cc1nccn1COC(=O)c1cc2occc2[nH]1. The number of aromatic amines is 1. The molecular formula is C12H11N3O3. The maximum atomic E-state index is 11.8. The Kier molecular flexibility index (Phi) is 2.40. The molecule has 3 aromatic heterocycles. The number of hydrogen-bond acceptors (Lipinski definition) is 4. The molecule has 18 heavy (non-hydrogen) atoms. The fourth-order valence-corrected chi connectivity index (χ4v) is 1.70. The average molecular weight is 245 g/mol. The molecule has 0 spiro atoms. The van der Waals surface area contributed by atoms with E-state index in [1.165, 1.54) is 0 Å². The van der Waals surface area contributed by atoms with E-state index in [9.17, 15) is 4.79 Å². The van der Waals surface area contributed by atoms with Gasteiger partial charge in [0.15, 0.2) is 12.3 Å². The number of nitrogens with one attached hydrogen (secondary N) is 1. The highest BCUT2D eigenvalue weighted by molar-refractivity contribution is 5.92. The molecule has 3 aromatic rings. The number of rotatable bonds is 3. The number of imidazole rings is 1. The molecule has 1 N–H and O–H groups in total. The standard InChI is InChI=1S/C12H11N3O3/c1-8-13-3-4-15(8)7-18-12(16)10-6-11-9(14-10)2-5-17-11/h2-6,14H,7H2,1H3. The predicted octanol–water partition coefficient (Wildman–Crippen LogP) is 2.08. The number of hydrogen-bond donors (Lipinski definition) is 1. The fourth-order valence-electron chi connectivity index (χ4n) is 1.70. The van der Waals surface area contributed by atoms with Crippen molar-refractivity contribution in [3.63, 3.8) is 0 Å². The maximum absolute atomic E-state index is 11.8. The van der Waals surface area contributed by atoms with E-state index in [1.54, 1.807) is 35.4 Å². The second kappa shape index (κ2) is 4.06. The molecule has 0 saturated heterocycles. The maximum Gasteiger partial charge on any atom is 0.356 e. The molecule has 92 valence electrons. The van der Waals surface area contributed by atoms with Gasteiger partial charge in [0.1, 0.15) is 11.5 Å². The highest BCUT2D eigenvalue weighted by Crippen LogP contribution is 2.16. The summed E-state index contributed by atoms with van der Waals surface area (Å²) in [7, 11) is 0. The summed E-state index contributed by atoms with van der Waals surface area (Å²) in [5.41, 5.74) is 1.80. The Balaban J connectivity index is 1.72. The number of ether oxygens (including phenoxy) is 1. The molecule has 6 nitrogen and oxygen atoms in total. The lowest BCUT2D eigenvalue weighted by Gasteiger charge is -2.05. The van der Waals surface area contributed by atoms with Crippen LogP contribution in [0.15, 0.2) is 35.2 Å². The third-order valence-electron chi connectivity index (χ3n) is 2.72. The van der Waals surface area contributed by atoms with E-state index in [2.05, 4.69) is 9.97 Å². The van der Waals surface area contributed by atoms with Crippen molar-refractivity contribution in [1.29, 1.82) is 0 Å². The summed E-state index contributed by atoms with van der Waals surface area (Å²) in [6.07, 6.45) is 4.97. The lowest BCUT2D eigenvalue weighted by molar-refractivity contribution is 0.0363. The Hall–Kier alpha value is -2.50. The van der Waals surface area contributed by atoms with Gasteiger partial charge in [-0.05, 0) is 6.92 Å². The van der Waals surface area contributed by atoms with E-state index in [0.29, 0.717) is 11.3 Å². The van der Waals surface area contributed by atoms with Crippen LogP contribution < -0.4 is 0 Å². The molecule has 6 heteroatoms. The zero-order valence-corrected chi connectivity index (χ0v) is 9.71. The van der Waals surface area contributed by atoms with Crippen LogP contribution >= 0.6 is 0 Å². The van der Waals surface area contributed by atoms with Gasteiger partial charge in [-0.15, -0.1) is 0 Å². The second-order valence-electron chi connectivity index (χ2n) is 3.89. The van der Waals surface area contributed by atoms with Crippen molar-refractivity contribution in [1.82, 2.24) is 14.5 Å². The van der Waals surface area contributed by atoms with Gasteiger partial charge in [0, 0.05) is 24.5 Å². The molecular weight excluding hydrogens is 234 g/mol. The van der Waals surface area contributed by atoms with Crippen molar-refractivity contribution >= 4 is 17.1 Å². The van der Waals surface area contributed by atoms with Crippen molar-refractivity contribution in [3.05, 3.63) is 42.3 Å². The molecule has 0 bridgehead atoms. The number of aryl methyl sites for hydroxylation is 1. The Labute approximate surface area is 102 Å². The molecule has 3 heterocycles. The Morgan fingerprint density at radius 3 is 3.22 bits per heavy atom. The first-order chi connectivity index (χ1) is 8.74. The number of carbonyl (C=O) groups excluding carboxylic acids is 1. The minimum absolute atomic E-state index is 0.144. The van der Waals surface area contributed by atoms with Crippen molar-refractivity contribution in [2.24, 2.45) is 0 Å². The smallest absolute Gasteiger partial charge is 0.356 e. The largest absolute Gasteiger partial charge is 0.463 e. The normalized spacial score (nSPS) is 10.9. The van der Waals surface area contributed by atoms with Gasteiger partial charge in [-0.2, -0.15) is 0 Å². The van der Waals surface area contributed by atoms with E-state index in [4.69, 9.17) is 9.15 Å². The van der Waals surface area contributed by atoms with Crippen LogP contribution in [0.3, 0.4) is 0 Å². The van der Waals surface area contributed by atoms with E-state index in [0.717, 1.165) is 11.3 Å². The van der Waals surface area contributed by atoms with Crippen LogP contribution in [-0.4, -0.2) is 20.5 Å². The molecule has 0 aromatic carbocycles. The number of aromatic nitrogens is 3. The van der Waals surface area contributed by atoms with Gasteiger partial charge in [-0.25, -0.2) is 9.78 Å². The first kappa shape index (κ1) is 10.6. The van der Waals surface area contributed by atoms with Crippen LogP contribution in [0, 0.1) is 6.92 Å². The predicted molar refractivity (Wildman–Crippen MR) is 62.9 cm³/mol. The highest BCUT2D eigenvalue weighted by Gasteiger charge is 2.12. The molecule has 0 amide bonds. The summed E-state index contributed by atoms with van der Waals surface area (Å²) < 4.78 is 12.1. The van der Waals surface area contributed by atoms with Gasteiger partial charge in [0.25, 0.3) is 0 Å². The third-order valence-corrected chi connectivity index (χ3v) is 2.72. The lowest BCUT2D eigenvalue weighted by Crippen LogP contribution is -2.10. The summed E-state index contributed by atoms with van der Waals surface area (Å²) in [5, 5.41) is 0. The van der Waals surface area contributed by atoms with Crippen LogP contribution in [0.25, 0.3) is 11.1 Å². The number of H-pyrrole nitrogens is 1. The minimum atomic E-state index is -0.422. The average Bonchev–Trinajstić information content (AvgIpc) is 3.00. The van der Waals surface area contributed by atoms with Crippen LogP contribution in [0.4, 0.5) is 0 Å². The minimum Gasteiger partial charge on any atom is -0.463 e. The van der Waals surface area contributed by atoms with Gasteiger partial charge in [0.05, 0.1) is 11.8 Å². The lowest BCUT2D eigenvalue weighted by atomic mass is 10.4. The summed E-state index contributed by atoms with van der Waals surface area (Å²) >= 11 is 0. The molecule has 0 unspecified atom stereocenters. The molecule has 0 saturated carbocycles. The topological polar surface area (TPSA) is 73.1 Å². The van der Waals surface area contributed by atoms with Gasteiger partial charge < -0.3 is 18.7 Å². The van der Waals surface area contributed by atoms with Gasteiger partial charge in [0.2, 0.25) is 0 Å². The van der Waals surface area contributed by atoms with Crippen molar-refractivity contribution < 1.29 is 13.9 Å². The van der Waals surface area contributed by atoms with Crippen molar-refractivity contribution in [3.8, 4) is 0 Å². The fraction of sp³-hybridized carbons (Fsp3) is 0.167. The molecule has 0 fully saturated rings. The number of furan rings is 1. The van der Waals surface area contributed by atoms with Gasteiger partial charge in [-0.3, -0.25) is 0 Å². The molecule has 0 aliphatic heterocycles. The number of nitrogens with zero attached hydrogens (tertiary/aromatic N) is 2. The van der Waals surface area contributed by atoms with Crippen molar-refractivity contribution in [2.75, 3.05) is 0 Å². The van der Waals surface area contributed by atoms with Crippen LogP contribution in [-0.2, 0) is 11.5 Å². The molecule has 0 atom stereocenters. The van der Waals surface area contributed by atoms with Gasteiger partial charge >= 0.3 is 5.97 Å². The van der Waals surface area contributed by atoms with Gasteiger partial charge in [-0.1, -0.05) is 0 Å².